The highest BCUT2D eigenvalue weighted by atomic mass is 16.5. The number of benzene rings is 1. The van der Waals surface area contributed by atoms with E-state index in [0.29, 0.717) is 24.6 Å². The lowest BCUT2D eigenvalue weighted by atomic mass is 9.90. The highest BCUT2D eigenvalue weighted by molar-refractivity contribution is 6.20. The fourth-order valence-electron chi connectivity index (χ4n) is 4.83. The van der Waals surface area contributed by atoms with Gasteiger partial charge in [0.05, 0.1) is 18.0 Å². The van der Waals surface area contributed by atoms with Crippen molar-refractivity contribution in [1.82, 2.24) is 15.3 Å². The zero-order valence-corrected chi connectivity index (χ0v) is 22.7. The minimum absolute atomic E-state index is 0.178. The van der Waals surface area contributed by atoms with Crippen LogP contribution in [0.25, 0.3) is 0 Å². The van der Waals surface area contributed by atoms with Gasteiger partial charge in [-0.1, -0.05) is 12.1 Å². The van der Waals surface area contributed by atoms with Crippen molar-refractivity contribution < 1.29 is 14.3 Å². The molecule has 8 nitrogen and oxygen atoms in total. The number of nitrogens with one attached hydrogen (secondary N) is 1. The highest BCUT2D eigenvalue weighted by Crippen LogP contribution is 2.40. The highest BCUT2D eigenvalue weighted by Gasteiger charge is 2.45. The first kappa shape index (κ1) is 27.3. The minimum atomic E-state index is -1.13. The third-order valence-electron chi connectivity index (χ3n) is 7.05. The predicted molar refractivity (Wildman–Crippen MR) is 149 cm³/mol. The molecule has 0 fully saturated rings. The van der Waals surface area contributed by atoms with Crippen LogP contribution >= 0.6 is 0 Å². The average molecular weight is 516 g/mol. The number of fused-ring (bicyclic) bond motifs is 1. The zero-order chi connectivity index (χ0) is 27.1. The molecule has 1 atom stereocenters. The first-order valence-electron chi connectivity index (χ1n) is 13.2. The number of hydrogen-bond donors (Lipinski definition) is 1. The summed E-state index contributed by atoms with van der Waals surface area (Å²) in [5.41, 5.74) is 2.65. The maximum absolute atomic E-state index is 13.1. The SMILES string of the molecule is CCN1C(=O)C(C)(C)C(=O)N(C)c2cc(OCCCNC(CCc3cccnc3)c3cccnc3)ccc21. The molecule has 1 aliphatic heterocycles. The number of carbonyl (C=O) groups excluding carboxylic acids is 2. The van der Waals surface area contributed by atoms with Crippen LogP contribution in [-0.4, -0.2) is 48.5 Å². The summed E-state index contributed by atoms with van der Waals surface area (Å²) in [5.74, 6) is 0.253. The van der Waals surface area contributed by atoms with Gasteiger partial charge in [0.2, 0.25) is 11.8 Å². The van der Waals surface area contributed by atoms with Gasteiger partial charge in [0.1, 0.15) is 11.2 Å². The zero-order valence-electron chi connectivity index (χ0n) is 22.7. The van der Waals surface area contributed by atoms with Crippen LogP contribution in [0.3, 0.4) is 0 Å². The molecule has 1 unspecified atom stereocenters. The summed E-state index contributed by atoms with van der Waals surface area (Å²) in [5, 5.41) is 3.65. The number of aromatic nitrogens is 2. The number of amides is 2. The van der Waals surface area contributed by atoms with Gasteiger partial charge in [-0.15, -0.1) is 0 Å². The molecular formula is C30H37N5O3. The second kappa shape index (κ2) is 12.2. The molecule has 1 aromatic carbocycles. The Balaban J connectivity index is 1.36. The van der Waals surface area contributed by atoms with E-state index in [2.05, 4.69) is 27.4 Å². The van der Waals surface area contributed by atoms with Crippen molar-refractivity contribution in [3.63, 3.8) is 0 Å². The maximum Gasteiger partial charge on any atom is 0.242 e. The molecule has 0 radical (unpaired) electrons. The molecule has 200 valence electrons. The van der Waals surface area contributed by atoms with Gasteiger partial charge in [-0.3, -0.25) is 19.6 Å². The second-order valence-corrected chi connectivity index (χ2v) is 10.1. The standard InChI is InChI=1S/C30H37N5O3/c1-5-35-26-14-12-24(19-27(26)34(4)28(36)30(2,3)29(35)37)38-18-8-17-33-25(23-10-7-16-32-21-23)13-11-22-9-6-15-31-20-22/h6-7,9-10,12,14-16,19-21,25,33H,5,8,11,13,17-18H2,1-4H3. The number of pyridine rings is 2. The largest absolute Gasteiger partial charge is 0.493 e. The van der Waals surface area contributed by atoms with E-state index >= 15 is 0 Å². The van der Waals surface area contributed by atoms with Crippen molar-refractivity contribution in [2.24, 2.45) is 5.41 Å². The molecule has 2 amide bonds. The van der Waals surface area contributed by atoms with E-state index in [-0.39, 0.29) is 17.9 Å². The first-order valence-corrected chi connectivity index (χ1v) is 13.2. The second-order valence-electron chi connectivity index (χ2n) is 10.1. The van der Waals surface area contributed by atoms with Gasteiger partial charge in [-0.05, 0) is 82.0 Å². The number of anilines is 2. The first-order chi connectivity index (χ1) is 18.3. The molecule has 0 aliphatic carbocycles. The number of ether oxygens (including phenoxy) is 1. The average Bonchev–Trinajstić information content (AvgIpc) is 2.99. The van der Waals surface area contributed by atoms with E-state index in [4.69, 9.17) is 4.74 Å². The van der Waals surface area contributed by atoms with E-state index in [1.165, 1.54) is 5.56 Å². The number of nitrogens with zero attached hydrogens (tertiary/aromatic N) is 4. The van der Waals surface area contributed by atoms with Crippen LogP contribution in [-0.2, 0) is 16.0 Å². The summed E-state index contributed by atoms with van der Waals surface area (Å²) in [6.45, 7) is 7.07. The van der Waals surface area contributed by atoms with Gasteiger partial charge in [0.15, 0.2) is 0 Å². The molecular weight excluding hydrogens is 478 g/mol. The molecule has 0 saturated heterocycles. The smallest absolute Gasteiger partial charge is 0.242 e. The summed E-state index contributed by atoms with van der Waals surface area (Å²) < 4.78 is 6.06. The number of aryl methyl sites for hydroxylation is 1. The Labute approximate surface area is 225 Å². The Kier molecular flexibility index (Phi) is 8.73. The molecule has 4 rings (SSSR count). The molecule has 2 aromatic heterocycles. The van der Waals surface area contributed by atoms with Crippen molar-refractivity contribution in [2.75, 3.05) is 36.5 Å². The Morgan fingerprint density at radius 2 is 1.76 bits per heavy atom. The molecule has 38 heavy (non-hydrogen) atoms. The summed E-state index contributed by atoms with van der Waals surface area (Å²) in [6, 6.07) is 13.9. The Bertz CT molecular complexity index is 1230. The molecule has 3 heterocycles. The normalized spacial score (nSPS) is 15.7. The predicted octanol–water partition coefficient (Wildman–Crippen LogP) is 4.56. The number of rotatable bonds is 11. The van der Waals surface area contributed by atoms with Crippen molar-refractivity contribution in [1.29, 1.82) is 0 Å². The van der Waals surface area contributed by atoms with E-state index in [9.17, 15) is 9.59 Å². The van der Waals surface area contributed by atoms with E-state index in [0.717, 1.165) is 37.1 Å². The summed E-state index contributed by atoms with van der Waals surface area (Å²) >= 11 is 0. The fraction of sp³-hybridized carbons (Fsp3) is 0.400. The van der Waals surface area contributed by atoms with Crippen molar-refractivity contribution >= 4 is 23.2 Å². The Morgan fingerprint density at radius 3 is 2.45 bits per heavy atom. The van der Waals surface area contributed by atoms with E-state index in [1.807, 2.05) is 49.6 Å². The van der Waals surface area contributed by atoms with Crippen LogP contribution in [0.4, 0.5) is 11.4 Å². The molecule has 1 N–H and O–H groups in total. The topological polar surface area (TPSA) is 87.7 Å². The molecule has 1 aliphatic rings. The van der Waals surface area contributed by atoms with Gasteiger partial charge in [0, 0.05) is 50.5 Å². The van der Waals surface area contributed by atoms with Gasteiger partial charge in [-0.2, -0.15) is 0 Å². The lowest BCUT2D eigenvalue weighted by Crippen LogP contribution is -2.47. The Morgan fingerprint density at radius 1 is 1.00 bits per heavy atom. The van der Waals surface area contributed by atoms with Crippen LogP contribution in [0.1, 0.15) is 50.8 Å². The van der Waals surface area contributed by atoms with Crippen LogP contribution < -0.4 is 19.9 Å². The maximum atomic E-state index is 13.1. The van der Waals surface area contributed by atoms with Gasteiger partial charge < -0.3 is 19.9 Å². The lowest BCUT2D eigenvalue weighted by molar-refractivity contribution is -0.137. The molecule has 0 bridgehead atoms. The number of hydrogen-bond acceptors (Lipinski definition) is 6. The van der Waals surface area contributed by atoms with Crippen molar-refractivity contribution in [3.05, 3.63) is 78.4 Å². The van der Waals surface area contributed by atoms with Crippen LogP contribution in [0.5, 0.6) is 5.75 Å². The lowest BCUT2D eigenvalue weighted by Gasteiger charge is -2.27. The van der Waals surface area contributed by atoms with Crippen molar-refractivity contribution in [2.45, 2.75) is 46.1 Å². The number of carbonyl (C=O) groups is 2. The van der Waals surface area contributed by atoms with Crippen LogP contribution in [0.2, 0.25) is 0 Å². The van der Waals surface area contributed by atoms with Crippen molar-refractivity contribution in [3.8, 4) is 5.75 Å². The summed E-state index contributed by atoms with van der Waals surface area (Å²) in [7, 11) is 1.72. The van der Waals surface area contributed by atoms with Crippen LogP contribution in [0, 0.1) is 5.41 Å². The molecule has 0 spiro atoms. The summed E-state index contributed by atoms with van der Waals surface area (Å²) in [6.07, 6.45) is 10.1. The van der Waals surface area contributed by atoms with Crippen LogP contribution in [0.15, 0.2) is 67.3 Å². The fourth-order valence-corrected chi connectivity index (χ4v) is 4.83. The minimum Gasteiger partial charge on any atom is -0.493 e. The molecule has 8 heteroatoms. The summed E-state index contributed by atoms with van der Waals surface area (Å²) in [4.78, 5) is 37.9. The molecule has 0 saturated carbocycles. The monoisotopic (exact) mass is 515 g/mol. The quantitative estimate of drug-likeness (QED) is 0.297. The third-order valence-corrected chi connectivity index (χ3v) is 7.05. The Hall–Kier alpha value is -3.78. The van der Waals surface area contributed by atoms with Gasteiger partial charge in [0.25, 0.3) is 0 Å². The van der Waals surface area contributed by atoms with E-state index < -0.39 is 5.41 Å². The third kappa shape index (κ3) is 6.02. The molecule has 3 aromatic rings. The van der Waals surface area contributed by atoms with Gasteiger partial charge >= 0.3 is 0 Å². The van der Waals surface area contributed by atoms with E-state index in [1.54, 1.807) is 43.1 Å². The van der Waals surface area contributed by atoms with Gasteiger partial charge in [-0.25, -0.2) is 0 Å².